The lowest BCUT2D eigenvalue weighted by Gasteiger charge is -2.41. The largest absolute Gasteiger partial charge is 0.497 e. The number of piperazine rings is 2. The number of urea groups is 1. The number of amides is 3. The molecule has 43 heavy (non-hydrogen) atoms. The van der Waals surface area contributed by atoms with Crippen LogP contribution < -0.4 is 19.8 Å². The van der Waals surface area contributed by atoms with E-state index >= 15 is 0 Å². The molecule has 3 fully saturated rings. The van der Waals surface area contributed by atoms with Gasteiger partial charge in [0.25, 0.3) is 5.91 Å². The van der Waals surface area contributed by atoms with E-state index in [0.717, 1.165) is 24.0 Å². The summed E-state index contributed by atoms with van der Waals surface area (Å²) in [5, 5.41) is 9.92. The number of aromatic nitrogens is 1. The molecule has 3 aliphatic rings. The molecule has 2 saturated heterocycles. The van der Waals surface area contributed by atoms with Gasteiger partial charge in [-0.25, -0.2) is 9.59 Å². The minimum absolute atomic E-state index is 0.0305. The molecule has 1 N–H and O–H groups in total. The van der Waals surface area contributed by atoms with Crippen molar-refractivity contribution in [1.29, 1.82) is 0 Å². The first-order valence-electron chi connectivity index (χ1n) is 14.5. The molecule has 2 aliphatic heterocycles. The lowest BCUT2D eigenvalue weighted by molar-refractivity contribution is 0.0636. The number of anilines is 1. The van der Waals surface area contributed by atoms with Crippen molar-refractivity contribution >= 4 is 34.5 Å². The molecule has 3 heterocycles. The first-order valence-corrected chi connectivity index (χ1v) is 14.5. The highest BCUT2D eigenvalue weighted by molar-refractivity contribution is 5.95. The number of pyridine rings is 1. The van der Waals surface area contributed by atoms with Gasteiger partial charge in [0.05, 0.1) is 19.7 Å². The number of carboxylic acid groups (broad SMARTS) is 1. The molecule has 6 rings (SSSR count). The van der Waals surface area contributed by atoms with E-state index in [-0.39, 0.29) is 23.5 Å². The summed E-state index contributed by atoms with van der Waals surface area (Å²) < 4.78 is 12.5. The summed E-state index contributed by atoms with van der Waals surface area (Å²) in [5.74, 6) is -0.246. The maximum atomic E-state index is 13.3. The summed E-state index contributed by atoms with van der Waals surface area (Å²) in [5.41, 5.74) is 1.50. The van der Waals surface area contributed by atoms with Gasteiger partial charge in [-0.05, 0) is 43.2 Å². The highest BCUT2D eigenvalue weighted by Gasteiger charge is 2.31. The summed E-state index contributed by atoms with van der Waals surface area (Å²) >= 11 is 0. The van der Waals surface area contributed by atoms with Crippen LogP contribution in [0.25, 0.3) is 10.9 Å². The van der Waals surface area contributed by atoms with Crippen molar-refractivity contribution in [3.8, 4) is 11.5 Å². The van der Waals surface area contributed by atoms with Crippen LogP contribution in [0.4, 0.5) is 10.5 Å². The van der Waals surface area contributed by atoms with Crippen LogP contribution in [0.15, 0.2) is 47.4 Å². The average molecular weight is 590 g/mol. The zero-order chi connectivity index (χ0) is 30.2. The van der Waals surface area contributed by atoms with E-state index in [1.807, 2.05) is 21.6 Å². The Bertz CT molecular complexity index is 1610. The van der Waals surface area contributed by atoms with Crippen LogP contribution in [-0.2, 0) is 0 Å². The number of carboxylic acids is 1. The molecular weight excluding hydrogens is 554 g/mol. The Morgan fingerprint density at radius 2 is 1.37 bits per heavy atom. The number of hydrogen-bond donors (Lipinski definition) is 1. The molecule has 0 spiro atoms. The molecule has 1 aliphatic carbocycles. The summed E-state index contributed by atoms with van der Waals surface area (Å²) in [6.45, 7) is 4.14. The van der Waals surface area contributed by atoms with Crippen molar-refractivity contribution in [2.75, 3.05) is 71.5 Å². The second kappa shape index (κ2) is 11.5. The molecule has 12 nitrogen and oxygen atoms in total. The number of fused-ring (bicyclic) bond motifs is 1. The van der Waals surface area contributed by atoms with Crippen LogP contribution in [0.2, 0.25) is 0 Å². The summed E-state index contributed by atoms with van der Waals surface area (Å²) in [7, 11) is 3.08. The topological polar surface area (TPSA) is 125 Å². The van der Waals surface area contributed by atoms with Crippen LogP contribution >= 0.6 is 0 Å². The third kappa shape index (κ3) is 5.56. The van der Waals surface area contributed by atoms with Gasteiger partial charge in [-0.1, -0.05) is 0 Å². The van der Waals surface area contributed by atoms with Gasteiger partial charge in [-0.15, -0.1) is 0 Å². The first-order chi connectivity index (χ1) is 20.8. The van der Waals surface area contributed by atoms with Crippen molar-refractivity contribution in [1.82, 2.24) is 19.3 Å². The lowest BCUT2D eigenvalue weighted by atomic mass is 10.1. The number of ether oxygens (including phenoxy) is 2. The Kier molecular flexibility index (Phi) is 7.59. The minimum Gasteiger partial charge on any atom is -0.497 e. The molecule has 1 saturated carbocycles. The molecule has 0 bridgehead atoms. The maximum Gasteiger partial charge on any atom is 0.341 e. The summed E-state index contributed by atoms with van der Waals surface area (Å²) in [6, 6.07) is 10.8. The van der Waals surface area contributed by atoms with Gasteiger partial charge in [0, 0.05) is 87.3 Å². The quantitative estimate of drug-likeness (QED) is 0.466. The van der Waals surface area contributed by atoms with Crippen LogP contribution in [0, 0.1) is 0 Å². The predicted octanol–water partition coefficient (Wildman–Crippen LogP) is 2.75. The Hall–Kier alpha value is -4.74. The van der Waals surface area contributed by atoms with Gasteiger partial charge in [0.2, 0.25) is 5.43 Å². The van der Waals surface area contributed by atoms with Crippen molar-refractivity contribution in [2.24, 2.45) is 0 Å². The highest BCUT2D eigenvalue weighted by Crippen LogP contribution is 2.37. The van der Waals surface area contributed by atoms with Crippen LogP contribution in [0.3, 0.4) is 0 Å². The van der Waals surface area contributed by atoms with E-state index in [4.69, 9.17) is 9.47 Å². The number of rotatable bonds is 6. The zero-order valence-corrected chi connectivity index (χ0v) is 24.3. The van der Waals surface area contributed by atoms with Gasteiger partial charge in [0.1, 0.15) is 17.1 Å². The summed E-state index contributed by atoms with van der Waals surface area (Å²) in [6.07, 6.45) is 3.40. The van der Waals surface area contributed by atoms with Crippen molar-refractivity contribution in [2.45, 2.75) is 18.9 Å². The van der Waals surface area contributed by atoms with Crippen LogP contribution in [0.1, 0.15) is 39.6 Å². The molecule has 0 atom stereocenters. The molecule has 226 valence electrons. The standard InChI is InChI=1S/C31H35N5O7/c1-42-23-15-20(16-24(18-23)43-2)29(38)33-9-13-35(14-10-33)31(41)34-11-7-32(8-12-34)22-5-6-25-27(17-22)36(21-3-4-21)19-26(28(25)37)30(39)40/h5-6,15-19,21H,3-4,7-14H2,1-2H3,(H,39,40). The third-order valence-corrected chi connectivity index (χ3v) is 8.54. The molecule has 3 amide bonds. The van der Waals surface area contributed by atoms with E-state index in [1.54, 1.807) is 48.3 Å². The fourth-order valence-electron chi connectivity index (χ4n) is 5.91. The minimum atomic E-state index is -1.21. The maximum absolute atomic E-state index is 13.3. The molecule has 0 unspecified atom stereocenters. The molecule has 1 aromatic heterocycles. The number of aromatic carboxylic acids is 1. The fraction of sp³-hybridized carbons (Fsp3) is 0.419. The number of benzene rings is 2. The number of carbonyl (C=O) groups excluding carboxylic acids is 2. The average Bonchev–Trinajstić information content (AvgIpc) is 3.89. The van der Waals surface area contributed by atoms with Gasteiger partial charge < -0.3 is 38.7 Å². The Labute approximate surface area is 248 Å². The smallest absolute Gasteiger partial charge is 0.341 e. The van der Waals surface area contributed by atoms with Crippen LogP contribution in [-0.4, -0.2) is 109 Å². The SMILES string of the molecule is COc1cc(OC)cc(C(=O)N2CCN(C(=O)N3CCN(c4ccc5c(=O)c(C(=O)O)cn(C6CC6)c5c4)CC3)CC2)c1. The molecular formula is C31H35N5O7. The van der Waals surface area contributed by atoms with E-state index in [1.165, 1.54) is 6.20 Å². The lowest BCUT2D eigenvalue weighted by Crippen LogP contribution is -2.57. The van der Waals surface area contributed by atoms with E-state index in [9.17, 15) is 24.3 Å². The number of carbonyl (C=O) groups is 3. The van der Waals surface area contributed by atoms with Gasteiger partial charge in [-0.3, -0.25) is 9.59 Å². The third-order valence-electron chi connectivity index (χ3n) is 8.54. The van der Waals surface area contributed by atoms with Crippen molar-refractivity contribution in [3.63, 3.8) is 0 Å². The number of hydrogen-bond acceptors (Lipinski definition) is 7. The Morgan fingerprint density at radius 1 is 0.791 bits per heavy atom. The second-order valence-electron chi connectivity index (χ2n) is 11.2. The van der Waals surface area contributed by atoms with Crippen molar-refractivity contribution < 1.29 is 29.0 Å². The van der Waals surface area contributed by atoms with Gasteiger partial charge in [0.15, 0.2) is 0 Å². The van der Waals surface area contributed by atoms with Gasteiger partial charge in [-0.2, -0.15) is 0 Å². The fourth-order valence-corrected chi connectivity index (χ4v) is 5.91. The number of nitrogens with zero attached hydrogens (tertiary/aromatic N) is 5. The molecule has 12 heteroatoms. The monoisotopic (exact) mass is 589 g/mol. The van der Waals surface area contributed by atoms with E-state index in [2.05, 4.69) is 4.90 Å². The number of methoxy groups -OCH3 is 2. The van der Waals surface area contributed by atoms with Gasteiger partial charge >= 0.3 is 12.0 Å². The zero-order valence-electron chi connectivity index (χ0n) is 24.3. The normalized spacial score (nSPS) is 17.3. The second-order valence-corrected chi connectivity index (χ2v) is 11.2. The van der Waals surface area contributed by atoms with Crippen molar-refractivity contribution in [3.05, 3.63) is 63.9 Å². The first kappa shape index (κ1) is 28.4. The van der Waals surface area contributed by atoms with Crippen LogP contribution in [0.5, 0.6) is 11.5 Å². The highest BCUT2D eigenvalue weighted by atomic mass is 16.5. The Morgan fingerprint density at radius 3 is 1.93 bits per heavy atom. The molecule has 0 radical (unpaired) electrons. The predicted molar refractivity (Wildman–Crippen MR) is 160 cm³/mol. The molecule has 2 aromatic carbocycles. The van der Waals surface area contributed by atoms with E-state index < -0.39 is 11.4 Å². The van der Waals surface area contributed by atoms with E-state index in [0.29, 0.717) is 74.8 Å². The Balaban J connectivity index is 1.07. The molecule has 3 aromatic rings. The summed E-state index contributed by atoms with van der Waals surface area (Å²) in [4.78, 5) is 58.5.